The summed E-state index contributed by atoms with van der Waals surface area (Å²) in [5.41, 5.74) is 0. The lowest BCUT2D eigenvalue weighted by atomic mass is 10.0. The molecule has 0 saturated carbocycles. The van der Waals surface area contributed by atoms with E-state index in [9.17, 15) is 0 Å². The van der Waals surface area contributed by atoms with Crippen LogP contribution >= 0.6 is 12.4 Å². The van der Waals surface area contributed by atoms with Crippen LogP contribution in [0.25, 0.3) is 0 Å². The Hall–Kier alpha value is 0.250. The third kappa shape index (κ3) is 20.6. The van der Waals surface area contributed by atoms with E-state index in [1.54, 1.807) is 0 Å². The predicted octanol–water partition coefficient (Wildman–Crippen LogP) is 6.21. The Balaban J connectivity index is 0. The van der Waals surface area contributed by atoms with E-state index in [4.69, 9.17) is 0 Å². The van der Waals surface area contributed by atoms with Crippen molar-refractivity contribution < 1.29 is 0 Å². The van der Waals surface area contributed by atoms with Crippen molar-refractivity contribution in [2.75, 3.05) is 13.1 Å². The third-order valence-corrected chi connectivity index (χ3v) is 3.77. The number of rotatable bonds is 14. The quantitative estimate of drug-likeness (QED) is 0.376. The summed E-state index contributed by atoms with van der Waals surface area (Å²) in [4.78, 5) is 0. The van der Waals surface area contributed by atoms with Gasteiger partial charge in [-0.3, -0.25) is 0 Å². The summed E-state index contributed by atoms with van der Waals surface area (Å²) < 4.78 is 0. The first-order valence-electron chi connectivity index (χ1n) is 8.83. The Bertz CT molecular complexity index is 151. The monoisotopic (exact) mass is 305 g/mol. The summed E-state index contributed by atoms with van der Waals surface area (Å²) in [7, 11) is 0. The van der Waals surface area contributed by atoms with Crippen molar-refractivity contribution >= 4 is 12.4 Å². The first-order chi connectivity index (χ1) is 9.13. The molecule has 0 heterocycles. The molecule has 0 amide bonds. The number of halogens is 1. The molecule has 0 radical (unpaired) electrons. The smallest absolute Gasteiger partial charge is 0.00489 e. The minimum atomic E-state index is 0. The Labute approximate surface area is 135 Å². The second-order valence-corrected chi connectivity index (χ2v) is 6.94. The molecule has 0 saturated heterocycles. The van der Waals surface area contributed by atoms with Crippen LogP contribution in [-0.2, 0) is 0 Å². The molecule has 0 fully saturated rings. The highest BCUT2D eigenvalue weighted by molar-refractivity contribution is 5.85. The fourth-order valence-corrected chi connectivity index (χ4v) is 2.44. The van der Waals surface area contributed by atoms with Crippen molar-refractivity contribution in [3.8, 4) is 0 Å². The molecule has 124 valence electrons. The van der Waals surface area contributed by atoms with Crippen LogP contribution in [0.1, 0.15) is 91.9 Å². The Morgan fingerprint density at radius 1 is 0.550 bits per heavy atom. The van der Waals surface area contributed by atoms with E-state index >= 15 is 0 Å². The SMILES string of the molecule is CC(C)CCCCCCNCCCCCCC(C)C.Cl. The molecule has 0 aromatic heterocycles. The van der Waals surface area contributed by atoms with Crippen LogP contribution in [0.15, 0.2) is 0 Å². The van der Waals surface area contributed by atoms with Crippen LogP contribution in [0.2, 0.25) is 0 Å². The molecule has 0 aromatic carbocycles. The van der Waals surface area contributed by atoms with E-state index in [-0.39, 0.29) is 12.4 Å². The maximum Gasteiger partial charge on any atom is -0.00489 e. The maximum atomic E-state index is 3.58. The molecular weight excluding hydrogens is 266 g/mol. The van der Waals surface area contributed by atoms with Gasteiger partial charge in [-0.1, -0.05) is 79.1 Å². The lowest BCUT2D eigenvalue weighted by molar-refractivity contribution is 0.499. The van der Waals surface area contributed by atoms with E-state index in [0.717, 1.165) is 11.8 Å². The van der Waals surface area contributed by atoms with Crippen LogP contribution in [0, 0.1) is 11.8 Å². The highest BCUT2D eigenvalue weighted by atomic mass is 35.5. The number of unbranched alkanes of at least 4 members (excludes halogenated alkanes) is 6. The van der Waals surface area contributed by atoms with E-state index < -0.39 is 0 Å². The maximum absolute atomic E-state index is 3.58. The molecule has 1 N–H and O–H groups in total. The molecule has 0 aliphatic heterocycles. The molecular formula is C18H40ClN. The topological polar surface area (TPSA) is 12.0 Å². The summed E-state index contributed by atoms with van der Waals surface area (Å²) in [6, 6.07) is 0. The molecule has 0 bridgehead atoms. The first-order valence-corrected chi connectivity index (χ1v) is 8.83. The Morgan fingerprint density at radius 2 is 0.900 bits per heavy atom. The van der Waals surface area contributed by atoms with Crippen LogP contribution in [0.4, 0.5) is 0 Å². The fraction of sp³-hybridized carbons (Fsp3) is 1.00. The zero-order valence-electron chi connectivity index (χ0n) is 14.5. The van der Waals surface area contributed by atoms with Gasteiger partial charge >= 0.3 is 0 Å². The molecule has 0 aliphatic carbocycles. The van der Waals surface area contributed by atoms with Crippen LogP contribution in [-0.4, -0.2) is 13.1 Å². The molecule has 0 aromatic rings. The van der Waals surface area contributed by atoms with Gasteiger partial charge in [0.2, 0.25) is 0 Å². The zero-order chi connectivity index (χ0) is 14.3. The molecule has 0 atom stereocenters. The van der Waals surface area contributed by atoms with Gasteiger partial charge in [-0.15, -0.1) is 12.4 Å². The summed E-state index contributed by atoms with van der Waals surface area (Å²) in [6.07, 6.45) is 14.1. The molecule has 2 heteroatoms. The van der Waals surface area contributed by atoms with Crippen LogP contribution in [0.5, 0.6) is 0 Å². The van der Waals surface area contributed by atoms with Crippen molar-refractivity contribution in [3.05, 3.63) is 0 Å². The van der Waals surface area contributed by atoms with Crippen molar-refractivity contribution in [3.63, 3.8) is 0 Å². The van der Waals surface area contributed by atoms with Gasteiger partial charge in [0.25, 0.3) is 0 Å². The number of nitrogens with one attached hydrogen (secondary N) is 1. The summed E-state index contributed by atoms with van der Waals surface area (Å²) in [5, 5.41) is 3.58. The molecule has 1 nitrogen and oxygen atoms in total. The van der Waals surface area contributed by atoms with Crippen molar-refractivity contribution in [2.24, 2.45) is 11.8 Å². The average Bonchev–Trinajstić information content (AvgIpc) is 2.34. The van der Waals surface area contributed by atoms with Crippen molar-refractivity contribution in [2.45, 2.75) is 91.9 Å². The van der Waals surface area contributed by atoms with E-state index in [1.165, 1.54) is 77.3 Å². The van der Waals surface area contributed by atoms with Gasteiger partial charge in [0.1, 0.15) is 0 Å². The largest absolute Gasteiger partial charge is 0.317 e. The third-order valence-electron chi connectivity index (χ3n) is 3.77. The molecule has 0 rings (SSSR count). The van der Waals surface area contributed by atoms with Gasteiger partial charge in [0.15, 0.2) is 0 Å². The van der Waals surface area contributed by atoms with Crippen molar-refractivity contribution in [1.82, 2.24) is 5.32 Å². The van der Waals surface area contributed by atoms with Gasteiger partial charge in [-0.05, 0) is 37.8 Å². The Kier molecular flexibility index (Phi) is 19.5. The highest BCUT2D eigenvalue weighted by Gasteiger charge is 1.96. The Morgan fingerprint density at radius 3 is 1.25 bits per heavy atom. The lowest BCUT2D eigenvalue weighted by Crippen LogP contribution is -2.16. The predicted molar refractivity (Wildman–Crippen MR) is 96.0 cm³/mol. The van der Waals surface area contributed by atoms with Gasteiger partial charge in [-0.2, -0.15) is 0 Å². The molecule has 0 aliphatic rings. The van der Waals surface area contributed by atoms with Gasteiger partial charge in [0, 0.05) is 0 Å². The number of hydrogen-bond donors (Lipinski definition) is 1. The highest BCUT2D eigenvalue weighted by Crippen LogP contribution is 2.10. The van der Waals surface area contributed by atoms with Crippen molar-refractivity contribution in [1.29, 1.82) is 0 Å². The lowest BCUT2D eigenvalue weighted by Gasteiger charge is -2.06. The minimum Gasteiger partial charge on any atom is -0.317 e. The van der Waals surface area contributed by atoms with Crippen LogP contribution in [0.3, 0.4) is 0 Å². The molecule has 20 heavy (non-hydrogen) atoms. The fourth-order valence-electron chi connectivity index (χ4n) is 2.44. The second-order valence-electron chi connectivity index (χ2n) is 6.94. The zero-order valence-corrected chi connectivity index (χ0v) is 15.4. The summed E-state index contributed by atoms with van der Waals surface area (Å²) in [5.74, 6) is 1.77. The van der Waals surface area contributed by atoms with E-state index in [0.29, 0.717) is 0 Å². The van der Waals surface area contributed by atoms with Gasteiger partial charge in [0.05, 0.1) is 0 Å². The van der Waals surface area contributed by atoms with Gasteiger partial charge < -0.3 is 5.32 Å². The van der Waals surface area contributed by atoms with E-state index in [1.807, 2.05) is 0 Å². The summed E-state index contributed by atoms with van der Waals surface area (Å²) in [6.45, 7) is 11.7. The normalized spacial score (nSPS) is 11.1. The standard InChI is InChI=1S/C18H39N.ClH/c1-17(2)13-9-5-7-11-15-19-16-12-8-6-10-14-18(3)4;/h17-19H,5-16H2,1-4H3;1H. The van der Waals surface area contributed by atoms with E-state index in [2.05, 4.69) is 33.0 Å². The minimum absolute atomic E-state index is 0. The second kappa shape index (κ2) is 17.3. The van der Waals surface area contributed by atoms with Crippen LogP contribution < -0.4 is 5.32 Å². The average molecular weight is 306 g/mol. The summed E-state index contributed by atoms with van der Waals surface area (Å²) >= 11 is 0. The first kappa shape index (κ1) is 22.5. The molecule has 0 spiro atoms. The molecule has 0 unspecified atom stereocenters. The van der Waals surface area contributed by atoms with Gasteiger partial charge in [-0.25, -0.2) is 0 Å². The number of hydrogen-bond acceptors (Lipinski definition) is 1.